The number of rotatable bonds is 3. The molecule has 0 saturated heterocycles. The molecular formula is C12H14FNS. The van der Waals surface area contributed by atoms with Crippen molar-refractivity contribution in [1.29, 1.82) is 0 Å². The highest BCUT2D eigenvalue weighted by Gasteiger charge is 2.11. The lowest BCUT2D eigenvalue weighted by molar-refractivity contribution is 0.604. The van der Waals surface area contributed by atoms with Gasteiger partial charge < -0.3 is 0 Å². The molecule has 0 saturated carbocycles. The number of aryl methyl sites for hydroxylation is 1. The van der Waals surface area contributed by atoms with Crippen LogP contribution in [0, 0.1) is 19.7 Å². The number of hydrogen-bond donors (Lipinski definition) is 0. The molecular weight excluding hydrogens is 209 g/mol. The van der Waals surface area contributed by atoms with Gasteiger partial charge in [-0.2, -0.15) is 0 Å². The number of hydrogen-bond acceptors (Lipinski definition) is 2. The minimum absolute atomic E-state index is 0.158. The van der Waals surface area contributed by atoms with Crippen molar-refractivity contribution in [2.45, 2.75) is 25.7 Å². The van der Waals surface area contributed by atoms with Crippen LogP contribution in [0.4, 0.5) is 10.1 Å². The van der Waals surface area contributed by atoms with E-state index in [0.29, 0.717) is 11.1 Å². The summed E-state index contributed by atoms with van der Waals surface area (Å²) in [6, 6.07) is 1.76. The van der Waals surface area contributed by atoms with E-state index in [9.17, 15) is 4.39 Å². The summed E-state index contributed by atoms with van der Waals surface area (Å²) in [4.78, 5) is 5.07. The molecule has 15 heavy (non-hydrogen) atoms. The molecule has 1 nitrogen and oxygen atoms in total. The molecule has 1 rings (SSSR count). The van der Waals surface area contributed by atoms with E-state index in [1.54, 1.807) is 31.5 Å². The van der Waals surface area contributed by atoms with Crippen molar-refractivity contribution in [3.8, 4) is 0 Å². The highest BCUT2D eigenvalue weighted by molar-refractivity contribution is 8.02. The van der Waals surface area contributed by atoms with Crippen molar-refractivity contribution in [1.82, 2.24) is 0 Å². The normalized spacial score (nSPS) is 10.9. The van der Waals surface area contributed by atoms with E-state index in [1.165, 1.54) is 11.8 Å². The fourth-order valence-electron chi connectivity index (χ4n) is 1.39. The Kier molecular flexibility index (Phi) is 4.09. The fraction of sp³-hybridized carbons (Fsp3) is 0.250. The van der Waals surface area contributed by atoms with Crippen LogP contribution in [-0.2, 0) is 0 Å². The smallest absolute Gasteiger partial charge is 0.130 e. The van der Waals surface area contributed by atoms with Gasteiger partial charge in [0.15, 0.2) is 0 Å². The standard InChI is InChI=1S/C12H14FNS/c1-5-14-10-7-8(3)11(13)9(4)12(10)15-6-2/h5-7H,2H2,1,3-4H3. The summed E-state index contributed by atoms with van der Waals surface area (Å²) < 4.78 is 13.6. The summed E-state index contributed by atoms with van der Waals surface area (Å²) in [6.45, 7) is 9.00. The predicted octanol–water partition coefficient (Wildman–Crippen LogP) is 4.40. The molecule has 1 aromatic carbocycles. The van der Waals surface area contributed by atoms with Gasteiger partial charge in [-0.1, -0.05) is 18.3 Å². The van der Waals surface area contributed by atoms with E-state index in [2.05, 4.69) is 11.6 Å². The van der Waals surface area contributed by atoms with E-state index in [4.69, 9.17) is 0 Å². The minimum atomic E-state index is -0.158. The molecule has 0 aromatic heterocycles. The van der Waals surface area contributed by atoms with Crippen LogP contribution >= 0.6 is 11.8 Å². The summed E-state index contributed by atoms with van der Waals surface area (Å²) in [5.41, 5.74) is 2.07. The molecule has 0 spiro atoms. The molecule has 0 unspecified atom stereocenters. The van der Waals surface area contributed by atoms with Crippen LogP contribution in [-0.4, -0.2) is 6.21 Å². The van der Waals surface area contributed by atoms with Crippen molar-refractivity contribution in [3.63, 3.8) is 0 Å². The molecule has 0 fully saturated rings. The molecule has 0 heterocycles. The first-order chi connectivity index (χ1) is 7.11. The van der Waals surface area contributed by atoms with Gasteiger partial charge in [0.25, 0.3) is 0 Å². The number of aliphatic imine (C=N–C) groups is 1. The zero-order valence-electron chi connectivity index (χ0n) is 9.17. The highest BCUT2D eigenvalue weighted by atomic mass is 32.2. The van der Waals surface area contributed by atoms with E-state index >= 15 is 0 Å². The summed E-state index contributed by atoms with van der Waals surface area (Å²) in [7, 11) is 0. The van der Waals surface area contributed by atoms with E-state index in [1.807, 2.05) is 6.92 Å². The third-order valence-electron chi connectivity index (χ3n) is 2.07. The number of nitrogens with zero attached hydrogens (tertiary/aromatic N) is 1. The minimum Gasteiger partial charge on any atom is -0.260 e. The van der Waals surface area contributed by atoms with Crippen molar-refractivity contribution in [2.24, 2.45) is 4.99 Å². The fourth-order valence-corrected chi connectivity index (χ4v) is 2.05. The zero-order valence-corrected chi connectivity index (χ0v) is 9.99. The first-order valence-electron chi connectivity index (χ1n) is 4.67. The Morgan fingerprint density at radius 1 is 1.47 bits per heavy atom. The molecule has 0 aliphatic heterocycles. The van der Waals surface area contributed by atoms with Crippen LogP contribution in [0.25, 0.3) is 0 Å². The molecule has 0 N–H and O–H groups in total. The Balaban J connectivity index is 3.42. The molecule has 1 aromatic rings. The second-order valence-electron chi connectivity index (χ2n) is 3.15. The molecule has 0 aliphatic carbocycles. The Morgan fingerprint density at radius 3 is 2.67 bits per heavy atom. The quantitative estimate of drug-likeness (QED) is 0.546. The molecule has 0 atom stereocenters. The molecule has 0 radical (unpaired) electrons. The highest BCUT2D eigenvalue weighted by Crippen LogP contribution is 2.36. The van der Waals surface area contributed by atoms with Crippen LogP contribution < -0.4 is 0 Å². The van der Waals surface area contributed by atoms with Crippen molar-refractivity contribution in [3.05, 3.63) is 35.0 Å². The first-order valence-corrected chi connectivity index (χ1v) is 5.55. The molecule has 80 valence electrons. The van der Waals surface area contributed by atoms with Gasteiger partial charge in [0.1, 0.15) is 5.82 Å². The Hall–Kier alpha value is -1.09. The van der Waals surface area contributed by atoms with Crippen LogP contribution in [0.15, 0.2) is 27.9 Å². The Morgan fingerprint density at radius 2 is 2.13 bits per heavy atom. The second-order valence-corrected chi connectivity index (χ2v) is 4.13. The molecule has 0 amide bonds. The maximum absolute atomic E-state index is 13.6. The average molecular weight is 223 g/mol. The lowest BCUT2D eigenvalue weighted by Gasteiger charge is -2.10. The topological polar surface area (TPSA) is 12.4 Å². The van der Waals surface area contributed by atoms with E-state index in [-0.39, 0.29) is 5.82 Å². The van der Waals surface area contributed by atoms with Crippen LogP contribution in [0.5, 0.6) is 0 Å². The van der Waals surface area contributed by atoms with Crippen molar-refractivity contribution in [2.75, 3.05) is 0 Å². The number of halogens is 1. The summed E-state index contributed by atoms with van der Waals surface area (Å²) >= 11 is 1.40. The van der Waals surface area contributed by atoms with Crippen LogP contribution in [0.2, 0.25) is 0 Å². The predicted molar refractivity (Wildman–Crippen MR) is 65.8 cm³/mol. The van der Waals surface area contributed by atoms with Gasteiger partial charge in [-0.15, -0.1) is 0 Å². The Labute approximate surface area is 94.1 Å². The van der Waals surface area contributed by atoms with Gasteiger partial charge in [0, 0.05) is 16.7 Å². The molecule has 0 aliphatic rings. The third kappa shape index (κ3) is 2.48. The largest absolute Gasteiger partial charge is 0.260 e. The average Bonchev–Trinajstić information content (AvgIpc) is 2.21. The van der Waals surface area contributed by atoms with E-state index in [0.717, 1.165) is 10.6 Å². The lowest BCUT2D eigenvalue weighted by Crippen LogP contribution is -1.91. The van der Waals surface area contributed by atoms with Gasteiger partial charge in [-0.25, -0.2) is 4.39 Å². The summed E-state index contributed by atoms with van der Waals surface area (Å²) in [5, 5.41) is 1.69. The maximum Gasteiger partial charge on any atom is 0.130 e. The SMILES string of the molecule is C=CSc1c(N=CC)cc(C)c(F)c1C. The van der Waals surface area contributed by atoms with Crippen LogP contribution in [0.1, 0.15) is 18.1 Å². The van der Waals surface area contributed by atoms with Crippen molar-refractivity contribution >= 4 is 23.7 Å². The number of benzene rings is 1. The second kappa shape index (κ2) is 5.12. The monoisotopic (exact) mass is 223 g/mol. The summed E-state index contributed by atoms with van der Waals surface area (Å²) in [5.74, 6) is -0.158. The lowest BCUT2D eigenvalue weighted by atomic mass is 10.1. The molecule has 0 bridgehead atoms. The third-order valence-corrected chi connectivity index (χ3v) is 2.99. The van der Waals surface area contributed by atoms with Crippen molar-refractivity contribution < 1.29 is 4.39 Å². The van der Waals surface area contributed by atoms with Gasteiger partial charge >= 0.3 is 0 Å². The van der Waals surface area contributed by atoms with Gasteiger partial charge in [0.05, 0.1) is 5.69 Å². The van der Waals surface area contributed by atoms with Crippen LogP contribution in [0.3, 0.4) is 0 Å². The summed E-state index contributed by atoms with van der Waals surface area (Å²) in [6.07, 6.45) is 1.71. The van der Waals surface area contributed by atoms with E-state index < -0.39 is 0 Å². The maximum atomic E-state index is 13.6. The van der Waals surface area contributed by atoms with Gasteiger partial charge in [0.2, 0.25) is 0 Å². The first kappa shape index (κ1) is 12.0. The van der Waals surface area contributed by atoms with Gasteiger partial charge in [-0.05, 0) is 37.8 Å². The van der Waals surface area contributed by atoms with Gasteiger partial charge in [-0.3, -0.25) is 4.99 Å². The zero-order chi connectivity index (χ0) is 11.4. The number of thioether (sulfide) groups is 1. The Bertz CT molecular complexity index is 411. The molecule has 3 heteroatoms.